The fraction of sp³-hybridized carbons (Fsp3) is 0.571. The van der Waals surface area contributed by atoms with Gasteiger partial charge in [-0.1, -0.05) is 0 Å². The molecule has 2 saturated heterocycles. The molecule has 0 radical (unpaired) electrons. The van der Waals surface area contributed by atoms with Gasteiger partial charge in [-0.25, -0.2) is 0 Å². The molecule has 2 N–H and O–H groups in total. The van der Waals surface area contributed by atoms with Crippen molar-refractivity contribution in [3.63, 3.8) is 0 Å². The van der Waals surface area contributed by atoms with E-state index in [-0.39, 0.29) is 30.4 Å². The quantitative estimate of drug-likeness (QED) is 0.669. The number of carbonyl (C=O) groups is 3. The first-order valence-corrected chi connectivity index (χ1v) is 9.97. The Morgan fingerprint density at radius 2 is 1.83 bits per heavy atom. The van der Waals surface area contributed by atoms with Crippen LogP contribution >= 0.6 is 0 Å². The average Bonchev–Trinajstić information content (AvgIpc) is 3.10. The minimum Gasteiger partial charge on any atom is -0.483 e. The maximum Gasteiger partial charge on any atom is 0.290 e. The van der Waals surface area contributed by atoms with E-state index in [0.29, 0.717) is 24.6 Å². The Kier molecular flexibility index (Phi) is 8.61. The number of hydrogen-bond acceptors (Lipinski definition) is 6. The number of carbonyl (C=O) groups excluding carboxylic acids is 2. The third kappa shape index (κ3) is 6.43. The second kappa shape index (κ2) is 10.9. The molecule has 30 heavy (non-hydrogen) atoms. The van der Waals surface area contributed by atoms with Gasteiger partial charge in [-0.2, -0.15) is 0 Å². The first kappa shape index (κ1) is 23.6. The van der Waals surface area contributed by atoms with E-state index < -0.39 is 0 Å². The number of nitrogens with one attached hydrogen (secondary N) is 1. The SMILES string of the molecule is CN(C)C(=O)C[C@H]1CN2C[C@@H](NC(=O)c3ccc(N(C)C)cc3)C[C@H]2CO1.O=CO. The number of ether oxygens (including phenoxy) is 1. The van der Waals surface area contributed by atoms with E-state index in [1.165, 1.54) is 0 Å². The van der Waals surface area contributed by atoms with Crippen LogP contribution < -0.4 is 10.2 Å². The Balaban J connectivity index is 0.00000101. The highest BCUT2D eigenvalue weighted by Crippen LogP contribution is 2.25. The molecule has 0 aliphatic carbocycles. The summed E-state index contributed by atoms with van der Waals surface area (Å²) in [4.78, 5) is 38.8. The Hall–Kier alpha value is -2.65. The average molecular weight is 421 g/mol. The fourth-order valence-corrected chi connectivity index (χ4v) is 3.73. The molecular weight excluding hydrogens is 388 g/mol. The summed E-state index contributed by atoms with van der Waals surface area (Å²) in [7, 11) is 7.48. The molecule has 2 aliphatic rings. The molecule has 3 atom stereocenters. The van der Waals surface area contributed by atoms with Gasteiger partial charge in [-0.05, 0) is 30.7 Å². The smallest absolute Gasteiger partial charge is 0.290 e. The molecule has 0 spiro atoms. The number of carboxylic acid groups (broad SMARTS) is 1. The Morgan fingerprint density at radius 3 is 2.40 bits per heavy atom. The molecule has 1 aromatic carbocycles. The third-order valence-corrected chi connectivity index (χ3v) is 5.37. The van der Waals surface area contributed by atoms with Gasteiger partial charge in [0.1, 0.15) is 0 Å². The molecule has 2 amide bonds. The summed E-state index contributed by atoms with van der Waals surface area (Å²) in [6, 6.07) is 8.05. The molecule has 3 rings (SSSR count). The van der Waals surface area contributed by atoms with Crippen LogP contribution in [0.2, 0.25) is 0 Å². The van der Waals surface area contributed by atoms with Crippen molar-refractivity contribution < 1.29 is 24.2 Å². The van der Waals surface area contributed by atoms with Gasteiger partial charge in [-0.15, -0.1) is 0 Å². The molecule has 9 nitrogen and oxygen atoms in total. The van der Waals surface area contributed by atoms with Gasteiger partial charge < -0.3 is 25.0 Å². The van der Waals surface area contributed by atoms with E-state index in [4.69, 9.17) is 14.6 Å². The summed E-state index contributed by atoms with van der Waals surface area (Å²) in [6.07, 6.45) is 1.23. The number of amides is 2. The lowest BCUT2D eigenvalue weighted by Crippen LogP contribution is -2.47. The van der Waals surface area contributed by atoms with Crippen LogP contribution in [0.25, 0.3) is 0 Å². The van der Waals surface area contributed by atoms with Crippen molar-refractivity contribution >= 4 is 24.0 Å². The molecule has 0 unspecified atom stereocenters. The van der Waals surface area contributed by atoms with Crippen molar-refractivity contribution in [1.29, 1.82) is 0 Å². The number of hydrogen-bond donors (Lipinski definition) is 2. The molecule has 9 heteroatoms. The predicted molar refractivity (Wildman–Crippen MR) is 114 cm³/mol. The highest BCUT2D eigenvalue weighted by molar-refractivity contribution is 5.94. The van der Waals surface area contributed by atoms with Crippen LogP contribution in [0, 0.1) is 0 Å². The van der Waals surface area contributed by atoms with Crippen molar-refractivity contribution in [2.45, 2.75) is 31.0 Å². The van der Waals surface area contributed by atoms with Gasteiger partial charge in [0.05, 0.1) is 19.1 Å². The number of rotatable bonds is 5. The van der Waals surface area contributed by atoms with E-state index in [0.717, 1.165) is 25.2 Å². The summed E-state index contributed by atoms with van der Waals surface area (Å²) >= 11 is 0. The second-order valence-corrected chi connectivity index (χ2v) is 8.01. The van der Waals surface area contributed by atoms with Crippen molar-refractivity contribution in [1.82, 2.24) is 15.1 Å². The molecule has 2 heterocycles. The monoisotopic (exact) mass is 420 g/mol. The van der Waals surface area contributed by atoms with Crippen LogP contribution in [0.5, 0.6) is 0 Å². The Labute approximate surface area is 177 Å². The van der Waals surface area contributed by atoms with Gasteiger partial charge in [-0.3, -0.25) is 19.3 Å². The highest BCUT2D eigenvalue weighted by Gasteiger charge is 2.38. The van der Waals surface area contributed by atoms with Crippen LogP contribution in [0.3, 0.4) is 0 Å². The molecular formula is C21H32N4O5. The van der Waals surface area contributed by atoms with Gasteiger partial charge in [0, 0.05) is 64.6 Å². The zero-order chi connectivity index (χ0) is 22.3. The van der Waals surface area contributed by atoms with Crippen LogP contribution in [-0.2, 0) is 14.3 Å². The number of morpholine rings is 1. The maximum atomic E-state index is 12.5. The molecule has 2 aliphatic heterocycles. The zero-order valence-corrected chi connectivity index (χ0v) is 18.1. The molecule has 166 valence electrons. The van der Waals surface area contributed by atoms with Crippen molar-refractivity contribution in [3.05, 3.63) is 29.8 Å². The number of benzene rings is 1. The second-order valence-electron chi connectivity index (χ2n) is 8.01. The largest absolute Gasteiger partial charge is 0.483 e. The topological polar surface area (TPSA) is 102 Å². The van der Waals surface area contributed by atoms with Crippen LogP contribution in [0.15, 0.2) is 24.3 Å². The van der Waals surface area contributed by atoms with Gasteiger partial charge in [0.15, 0.2) is 0 Å². The lowest BCUT2D eigenvalue weighted by atomic mass is 10.1. The highest BCUT2D eigenvalue weighted by atomic mass is 16.5. The standard InChI is InChI=1S/C20H30N4O3.CH2O2/c1-22(2)16-7-5-14(6-8-16)20(26)21-15-9-17-13-27-18(12-24(17)11-15)10-19(25)23(3)4;2-1-3/h5-8,15,17-18H,9-13H2,1-4H3,(H,21,26);1H,(H,2,3)/t15-,17-,18-;/m0./s1. The van der Waals surface area contributed by atoms with Crippen molar-refractivity contribution in [2.24, 2.45) is 0 Å². The predicted octanol–water partition coefficient (Wildman–Crippen LogP) is 0.503. The third-order valence-electron chi connectivity index (χ3n) is 5.37. The van der Waals surface area contributed by atoms with Gasteiger partial charge in [0.2, 0.25) is 5.91 Å². The number of anilines is 1. The normalized spacial score (nSPS) is 22.9. The van der Waals surface area contributed by atoms with Crippen molar-refractivity contribution in [3.8, 4) is 0 Å². The molecule has 0 saturated carbocycles. The summed E-state index contributed by atoms with van der Waals surface area (Å²) < 4.78 is 5.88. The van der Waals surface area contributed by atoms with Crippen LogP contribution in [0.1, 0.15) is 23.2 Å². The summed E-state index contributed by atoms with van der Waals surface area (Å²) in [5.41, 5.74) is 1.75. The van der Waals surface area contributed by atoms with E-state index >= 15 is 0 Å². The van der Waals surface area contributed by atoms with E-state index in [9.17, 15) is 9.59 Å². The van der Waals surface area contributed by atoms with Gasteiger partial charge in [0.25, 0.3) is 12.4 Å². The summed E-state index contributed by atoms with van der Waals surface area (Å²) in [5.74, 6) is 0.0501. The van der Waals surface area contributed by atoms with Crippen molar-refractivity contribution in [2.75, 3.05) is 52.8 Å². The van der Waals surface area contributed by atoms with E-state index in [1.807, 2.05) is 43.3 Å². The fourth-order valence-electron chi connectivity index (χ4n) is 3.73. The number of nitrogens with zero attached hydrogens (tertiary/aromatic N) is 3. The zero-order valence-electron chi connectivity index (χ0n) is 18.1. The lowest BCUT2D eigenvalue weighted by Gasteiger charge is -2.35. The minimum absolute atomic E-state index is 0.0367. The minimum atomic E-state index is -0.250. The lowest BCUT2D eigenvalue weighted by molar-refractivity contribution is -0.134. The van der Waals surface area contributed by atoms with Gasteiger partial charge >= 0.3 is 0 Å². The van der Waals surface area contributed by atoms with Crippen LogP contribution in [0.4, 0.5) is 5.69 Å². The molecule has 2 fully saturated rings. The molecule has 0 bridgehead atoms. The van der Waals surface area contributed by atoms with Crippen LogP contribution in [-0.4, -0.2) is 99.3 Å². The summed E-state index contributed by atoms with van der Waals surface area (Å²) in [6.45, 7) is 1.92. The molecule has 1 aromatic rings. The van der Waals surface area contributed by atoms with E-state index in [2.05, 4.69) is 10.2 Å². The number of fused-ring (bicyclic) bond motifs is 1. The maximum absolute atomic E-state index is 12.5. The first-order valence-electron chi connectivity index (χ1n) is 9.97. The Morgan fingerprint density at radius 1 is 1.20 bits per heavy atom. The van der Waals surface area contributed by atoms with E-state index in [1.54, 1.807) is 19.0 Å². The summed E-state index contributed by atoms with van der Waals surface area (Å²) in [5, 5.41) is 10.0. The first-order chi connectivity index (χ1) is 14.2. The Bertz CT molecular complexity index is 723. The molecule has 0 aromatic heterocycles.